The Morgan fingerprint density at radius 3 is 2.92 bits per heavy atom. The molecular weight excluding hydrogens is 170 g/mol. The van der Waals surface area contributed by atoms with Gasteiger partial charge in [-0.05, 0) is 18.6 Å². The van der Waals surface area contributed by atoms with Gasteiger partial charge in [-0.15, -0.1) is 5.10 Å². The van der Waals surface area contributed by atoms with Gasteiger partial charge < -0.3 is 0 Å². The summed E-state index contributed by atoms with van der Waals surface area (Å²) < 4.78 is 0. The zero-order valence-corrected chi connectivity index (χ0v) is 7.53. The van der Waals surface area contributed by atoms with Crippen molar-refractivity contribution in [2.75, 3.05) is 5.32 Å². The minimum atomic E-state index is -0.189. The minimum absolute atomic E-state index is 0.189. The van der Waals surface area contributed by atoms with E-state index in [1.807, 2.05) is 13.8 Å². The van der Waals surface area contributed by atoms with E-state index in [1.165, 1.54) is 0 Å². The number of hydrogen-bond acceptors (Lipinski definition) is 4. The largest absolute Gasteiger partial charge is 0.288 e. The van der Waals surface area contributed by atoms with Gasteiger partial charge in [-0.3, -0.25) is 10.1 Å². The molecule has 0 saturated carbocycles. The van der Waals surface area contributed by atoms with Crippen molar-refractivity contribution in [3.8, 4) is 0 Å². The molecule has 0 unspecified atom stereocenters. The van der Waals surface area contributed by atoms with E-state index >= 15 is 0 Å². The van der Waals surface area contributed by atoms with Crippen LogP contribution in [0.5, 0.6) is 0 Å². The molecule has 0 saturated heterocycles. The van der Waals surface area contributed by atoms with E-state index in [2.05, 4.69) is 25.9 Å². The number of allylic oxidation sites excluding steroid dienone is 1. The molecule has 1 aromatic heterocycles. The molecule has 1 heterocycles. The fraction of sp³-hybridized carbons (Fsp3) is 0.429. The van der Waals surface area contributed by atoms with Crippen molar-refractivity contribution in [2.45, 2.75) is 20.3 Å². The Bertz CT molecular complexity index is 303. The first kappa shape index (κ1) is 9.37. The topological polar surface area (TPSA) is 83.6 Å². The van der Waals surface area contributed by atoms with E-state index in [0.717, 1.165) is 0 Å². The van der Waals surface area contributed by atoms with Crippen molar-refractivity contribution in [1.82, 2.24) is 20.6 Å². The van der Waals surface area contributed by atoms with Crippen molar-refractivity contribution in [1.29, 1.82) is 0 Å². The Labute approximate surface area is 75.4 Å². The number of aromatic nitrogens is 4. The smallest absolute Gasteiger partial charge is 0.270 e. The zero-order chi connectivity index (χ0) is 9.68. The lowest BCUT2D eigenvalue weighted by atomic mass is 10.2. The van der Waals surface area contributed by atoms with Crippen LogP contribution in [0.1, 0.15) is 20.3 Å². The Kier molecular flexibility index (Phi) is 3.13. The van der Waals surface area contributed by atoms with Crippen molar-refractivity contribution >= 4 is 11.9 Å². The number of hydrogen-bond donors (Lipinski definition) is 2. The van der Waals surface area contributed by atoms with E-state index in [0.29, 0.717) is 12.0 Å². The lowest BCUT2D eigenvalue weighted by molar-refractivity contribution is -0.113. The summed E-state index contributed by atoms with van der Waals surface area (Å²) in [5.74, 6) is 0.00389. The van der Waals surface area contributed by atoms with Crippen LogP contribution in [0.3, 0.4) is 0 Å². The van der Waals surface area contributed by atoms with Gasteiger partial charge >= 0.3 is 0 Å². The number of aromatic amines is 1. The molecule has 6 nitrogen and oxygen atoms in total. The number of H-pyrrole nitrogens is 1. The Balaban J connectivity index is 2.60. The first-order valence-electron chi connectivity index (χ1n) is 3.98. The van der Waals surface area contributed by atoms with Crippen LogP contribution in [0.25, 0.3) is 0 Å². The molecule has 1 aromatic rings. The van der Waals surface area contributed by atoms with Crippen molar-refractivity contribution in [3.63, 3.8) is 0 Å². The van der Waals surface area contributed by atoms with E-state index in [4.69, 9.17) is 0 Å². The number of rotatable bonds is 3. The fourth-order valence-corrected chi connectivity index (χ4v) is 0.892. The van der Waals surface area contributed by atoms with Crippen LogP contribution in [0, 0.1) is 0 Å². The van der Waals surface area contributed by atoms with Gasteiger partial charge in [0, 0.05) is 5.57 Å². The standard InChI is InChI=1S/C7H11N5O/c1-3-5(4-2)6(13)8-7-9-11-12-10-7/h3H,4H2,1-2H3,(H2,8,9,10,11,12,13)/b5-3+. The molecule has 0 aliphatic carbocycles. The molecule has 0 aliphatic heterocycles. The number of amides is 1. The van der Waals surface area contributed by atoms with Crippen LogP contribution in [-0.2, 0) is 4.79 Å². The molecule has 6 heteroatoms. The molecule has 1 amide bonds. The summed E-state index contributed by atoms with van der Waals surface area (Å²) in [7, 11) is 0. The van der Waals surface area contributed by atoms with E-state index < -0.39 is 0 Å². The van der Waals surface area contributed by atoms with Crippen LogP contribution in [0.15, 0.2) is 11.6 Å². The lowest BCUT2D eigenvalue weighted by Crippen LogP contribution is -2.14. The number of tetrazole rings is 1. The van der Waals surface area contributed by atoms with Crippen LogP contribution < -0.4 is 5.32 Å². The molecule has 0 atom stereocenters. The summed E-state index contributed by atoms with van der Waals surface area (Å²) in [5.41, 5.74) is 0.699. The highest BCUT2D eigenvalue weighted by molar-refractivity contribution is 6.02. The maximum Gasteiger partial charge on any atom is 0.270 e. The monoisotopic (exact) mass is 181 g/mol. The van der Waals surface area contributed by atoms with Gasteiger partial charge in [-0.2, -0.15) is 5.21 Å². The summed E-state index contributed by atoms with van der Waals surface area (Å²) in [6.07, 6.45) is 2.44. The summed E-state index contributed by atoms with van der Waals surface area (Å²) >= 11 is 0. The van der Waals surface area contributed by atoms with E-state index in [-0.39, 0.29) is 11.9 Å². The number of carbonyl (C=O) groups is 1. The highest BCUT2D eigenvalue weighted by Crippen LogP contribution is 2.03. The second-order valence-electron chi connectivity index (χ2n) is 2.36. The third kappa shape index (κ3) is 2.36. The summed E-state index contributed by atoms with van der Waals surface area (Å²) in [5, 5.41) is 15.3. The van der Waals surface area contributed by atoms with Crippen LogP contribution in [-0.4, -0.2) is 26.5 Å². The molecular formula is C7H11N5O. The Morgan fingerprint density at radius 2 is 2.46 bits per heavy atom. The van der Waals surface area contributed by atoms with Gasteiger partial charge in [-0.25, -0.2) is 0 Å². The van der Waals surface area contributed by atoms with E-state index in [1.54, 1.807) is 6.08 Å². The average Bonchev–Trinajstić information content (AvgIpc) is 2.59. The van der Waals surface area contributed by atoms with E-state index in [9.17, 15) is 4.79 Å². The quantitative estimate of drug-likeness (QED) is 0.665. The predicted octanol–water partition coefficient (Wildman–Crippen LogP) is 0.494. The predicted molar refractivity (Wildman–Crippen MR) is 46.9 cm³/mol. The summed E-state index contributed by atoms with van der Waals surface area (Å²) in [4.78, 5) is 11.4. The second-order valence-corrected chi connectivity index (χ2v) is 2.36. The van der Waals surface area contributed by atoms with Crippen molar-refractivity contribution in [2.24, 2.45) is 0 Å². The Hall–Kier alpha value is -1.72. The number of nitrogens with one attached hydrogen (secondary N) is 2. The van der Waals surface area contributed by atoms with Crippen LogP contribution in [0.2, 0.25) is 0 Å². The lowest BCUT2D eigenvalue weighted by Gasteiger charge is -2.01. The van der Waals surface area contributed by atoms with Gasteiger partial charge in [0.2, 0.25) is 0 Å². The maximum atomic E-state index is 11.4. The molecule has 2 N–H and O–H groups in total. The fourth-order valence-electron chi connectivity index (χ4n) is 0.892. The van der Waals surface area contributed by atoms with Gasteiger partial charge in [0.25, 0.3) is 11.9 Å². The van der Waals surface area contributed by atoms with Gasteiger partial charge in [-0.1, -0.05) is 18.1 Å². The van der Waals surface area contributed by atoms with Crippen molar-refractivity contribution < 1.29 is 4.79 Å². The summed E-state index contributed by atoms with van der Waals surface area (Å²) in [6.45, 7) is 3.72. The zero-order valence-electron chi connectivity index (χ0n) is 7.53. The molecule has 0 aliphatic rings. The molecule has 70 valence electrons. The number of carbonyl (C=O) groups excluding carboxylic acids is 1. The van der Waals surface area contributed by atoms with Crippen LogP contribution >= 0.6 is 0 Å². The van der Waals surface area contributed by atoms with Gasteiger partial charge in [0.05, 0.1) is 0 Å². The average molecular weight is 181 g/mol. The minimum Gasteiger partial charge on any atom is -0.288 e. The first-order valence-corrected chi connectivity index (χ1v) is 3.98. The molecule has 0 aromatic carbocycles. The third-order valence-electron chi connectivity index (χ3n) is 1.59. The molecule has 0 radical (unpaired) electrons. The molecule has 13 heavy (non-hydrogen) atoms. The second kappa shape index (κ2) is 4.34. The molecule has 0 bridgehead atoms. The summed E-state index contributed by atoms with van der Waals surface area (Å²) in [6, 6.07) is 0. The van der Waals surface area contributed by atoms with Crippen LogP contribution in [0.4, 0.5) is 5.95 Å². The number of nitrogens with zero attached hydrogens (tertiary/aromatic N) is 3. The normalized spacial score (nSPS) is 11.4. The van der Waals surface area contributed by atoms with Gasteiger partial charge in [0.1, 0.15) is 0 Å². The molecule has 0 spiro atoms. The highest BCUT2D eigenvalue weighted by Gasteiger charge is 2.08. The van der Waals surface area contributed by atoms with Crippen molar-refractivity contribution in [3.05, 3.63) is 11.6 Å². The van der Waals surface area contributed by atoms with Gasteiger partial charge in [0.15, 0.2) is 0 Å². The maximum absolute atomic E-state index is 11.4. The molecule has 0 fully saturated rings. The number of anilines is 1. The molecule has 1 rings (SSSR count). The first-order chi connectivity index (χ1) is 6.27. The highest BCUT2D eigenvalue weighted by atomic mass is 16.1. The Morgan fingerprint density at radius 1 is 1.69 bits per heavy atom. The SMILES string of the molecule is C/C=C(\CC)C(=O)Nc1nn[nH]n1. The third-order valence-corrected chi connectivity index (χ3v) is 1.59.